The van der Waals surface area contributed by atoms with Gasteiger partial charge in [0.05, 0.1) is 18.8 Å². The number of hydrogen-bond acceptors (Lipinski definition) is 13. The van der Waals surface area contributed by atoms with Crippen LogP contribution < -0.4 is 43.4 Å². The number of aromatic hydroxyl groups is 1. The topological polar surface area (TPSA) is 330 Å². The van der Waals surface area contributed by atoms with Crippen molar-refractivity contribution >= 4 is 70.8 Å². The number of aromatic amines is 1. The fourth-order valence-electron chi connectivity index (χ4n) is 6.89. The van der Waals surface area contributed by atoms with Crippen molar-refractivity contribution in [3.05, 3.63) is 83.9 Å². The number of carboxylic acids is 1. The lowest BCUT2D eigenvalue weighted by atomic mass is 9.91. The number of thioether (sulfide) groups is 2. The molecule has 1 heterocycles. The van der Waals surface area contributed by atoms with Crippen LogP contribution in [0.25, 0.3) is 0 Å². The first-order valence-electron chi connectivity index (χ1n) is 21.7. The zero-order valence-corrected chi connectivity index (χ0v) is 39.9. The van der Waals surface area contributed by atoms with E-state index < -0.39 is 102 Å². The summed E-state index contributed by atoms with van der Waals surface area (Å²) in [5.41, 5.74) is 13.4. The summed E-state index contributed by atoms with van der Waals surface area (Å²) in [6, 6.07) is 6.27. The van der Waals surface area contributed by atoms with E-state index in [2.05, 4.69) is 41.9 Å². The molecular weight excluding hydrogens is 905 g/mol. The SMILES string of the molecule is CSCC[C@H](NC(=O)[C@H](CC(C)C)NC(=O)[C@H](Cc1cnc[nH]1)NC(=O)[C@H](NC(=O)[C@@H](CCSC)NC(=O)[C@@H](N)Cc1ccc(O)cc1)[C@H](C)c1ccccc1)C(=O)N[C@@H](CC(=O)O)C(N)=O. The zero-order chi connectivity index (χ0) is 49.6. The van der Waals surface area contributed by atoms with E-state index in [4.69, 9.17) is 11.5 Å². The molecule has 0 saturated carbocycles. The third-order valence-electron chi connectivity index (χ3n) is 10.6. The van der Waals surface area contributed by atoms with Gasteiger partial charge in [0.25, 0.3) is 0 Å². The number of nitrogens with one attached hydrogen (secondary N) is 7. The number of aromatic nitrogens is 2. The Hall–Kier alpha value is -6.13. The summed E-state index contributed by atoms with van der Waals surface area (Å²) in [7, 11) is 0. The molecule has 0 aliphatic carbocycles. The van der Waals surface area contributed by atoms with Crippen LogP contribution >= 0.6 is 23.5 Å². The normalized spacial score (nSPS) is 14.7. The molecule has 13 N–H and O–H groups in total. The van der Waals surface area contributed by atoms with Gasteiger partial charge in [-0.15, -0.1) is 0 Å². The number of primary amides is 1. The second-order valence-corrected chi connectivity index (χ2v) is 18.4. The van der Waals surface area contributed by atoms with Gasteiger partial charge in [-0.1, -0.05) is 63.2 Å². The maximum absolute atomic E-state index is 14.6. The quantitative estimate of drug-likeness (QED) is 0.0450. The van der Waals surface area contributed by atoms with Gasteiger partial charge in [-0.25, -0.2) is 4.98 Å². The number of phenolic OH excluding ortho intramolecular Hbond substituents is 1. The number of H-pyrrole nitrogens is 1. The molecule has 0 bridgehead atoms. The predicted molar refractivity (Wildman–Crippen MR) is 255 cm³/mol. The van der Waals surface area contributed by atoms with Gasteiger partial charge < -0.3 is 58.6 Å². The lowest BCUT2D eigenvalue weighted by Gasteiger charge is -2.30. The Kier molecular flexibility index (Phi) is 23.2. The highest BCUT2D eigenvalue weighted by molar-refractivity contribution is 7.98. The number of nitrogens with zero attached hydrogens (tertiary/aromatic N) is 1. The Labute approximate surface area is 398 Å². The fraction of sp³-hybridized carbons (Fsp3) is 0.489. The van der Waals surface area contributed by atoms with E-state index in [-0.39, 0.29) is 43.8 Å². The highest BCUT2D eigenvalue weighted by atomic mass is 32.2. The number of hydrogen-bond donors (Lipinski definition) is 11. The van der Waals surface area contributed by atoms with Crippen LogP contribution in [0.3, 0.4) is 0 Å². The van der Waals surface area contributed by atoms with Crippen LogP contribution in [0.1, 0.15) is 69.2 Å². The molecule has 1 aromatic heterocycles. The minimum Gasteiger partial charge on any atom is -0.508 e. The average Bonchev–Trinajstić information content (AvgIpc) is 3.81. The second-order valence-electron chi connectivity index (χ2n) is 16.4. The maximum atomic E-state index is 14.6. The molecule has 8 atom stereocenters. The van der Waals surface area contributed by atoms with Gasteiger partial charge in [0.15, 0.2) is 0 Å². The molecule has 0 radical (unpaired) electrons. The Bertz CT molecular complexity index is 2100. The van der Waals surface area contributed by atoms with E-state index in [1.807, 2.05) is 20.1 Å². The van der Waals surface area contributed by atoms with Crippen LogP contribution in [0.5, 0.6) is 5.75 Å². The summed E-state index contributed by atoms with van der Waals surface area (Å²) in [6.45, 7) is 5.36. The Morgan fingerprint density at radius 3 is 1.73 bits per heavy atom. The average molecular weight is 969 g/mol. The predicted octanol–water partition coefficient (Wildman–Crippen LogP) is 0.453. The minimum atomic E-state index is -1.55. The molecule has 0 fully saturated rings. The van der Waals surface area contributed by atoms with E-state index >= 15 is 0 Å². The summed E-state index contributed by atoms with van der Waals surface area (Å²) in [6.07, 6.45) is 6.05. The van der Waals surface area contributed by atoms with Gasteiger partial charge in [0.2, 0.25) is 41.4 Å². The number of benzene rings is 2. The highest BCUT2D eigenvalue weighted by Gasteiger charge is 2.36. The van der Waals surface area contributed by atoms with E-state index in [9.17, 15) is 48.6 Å². The second kappa shape index (κ2) is 28.1. The number of nitrogens with two attached hydrogens (primary N) is 2. The first-order valence-corrected chi connectivity index (χ1v) is 24.5. The first-order chi connectivity index (χ1) is 31.8. The molecule has 2 aromatic carbocycles. The lowest BCUT2D eigenvalue weighted by molar-refractivity contribution is -0.140. The fourth-order valence-corrected chi connectivity index (χ4v) is 7.83. The van der Waals surface area contributed by atoms with Crippen molar-refractivity contribution in [2.75, 3.05) is 24.0 Å². The number of aliphatic carboxylic acids is 1. The van der Waals surface area contributed by atoms with Crippen molar-refractivity contribution in [3.8, 4) is 5.75 Å². The van der Waals surface area contributed by atoms with Crippen molar-refractivity contribution in [1.29, 1.82) is 0 Å². The third-order valence-corrected chi connectivity index (χ3v) is 11.9. The van der Waals surface area contributed by atoms with E-state index in [0.717, 1.165) is 0 Å². The molecule has 0 unspecified atom stereocenters. The highest BCUT2D eigenvalue weighted by Crippen LogP contribution is 2.21. The molecule has 22 heteroatoms. The van der Waals surface area contributed by atoms with Gasteiger partial charge >= 0.3 is 5.97 Å². The lowest BCUT2D eigenvalue weighted by Crippen LogP contribution is -2.61. The Morgan fingerprint density at radius 1 is 0.672 bits per heavy atom. The number of phenols is 1. The number of carboxylic acid groups (broad SMARTS) is 1. The van der Waals surface area contributed by atoms with Gasteiger partial charge in [0.1, 0.15) is 42.0 Å². The summed E-state index contributed by atoms with van der Waals surface area (Å²) in [5, 5.41) is 34.9. The van der Waals surface area contributed by atoms with Crippen molar-refractivity contribution in [2.45, 2.75) is 108 Å². The minimum absolute atomic E-state index is 0.0552. The smallest absolute Gasteiger partial charge is 0.305 e. The largest absolute Gasteiger partial charge is 0.508 e. The van der Waals surface area contributed by atoms with Crippen LogP contribution in [0.2, 0.25) is 0 Å². The van der Waals surface area contributed by atoms with Crippen LogP contribution in [0, 0.1) is 5.92 Å². The van der Waals surface area contributed by atoms with Gasteiger partial charge in [-0.3, -0.25) is 38.4 Å². The zero-order valence-electron chi connectivity index (χ0n) is 38.3. The molecule has 0 aliphatic heterocycles. The van der Waals surface area contributed by atoms with E-state index in [1.54, 1.807) is 55.6 Å². The summed E-state index contributed by atoms with van der Waals surface area (Å²) < 4.78 is 0. The Balaban J connectivity index is 1.93. The van der Waals surface area contributed by atoms with Gasteiger partial charge in [-0.2, -0.15) is 23.5 Å². The first kappa shape index (κ1) is 55.2. The third kappa shape index (κ3) is 18.9. The number of carbonyl (C=O) groups is 8. The van der Waals surface area contributed by atoms with Gasteiger partial charge in [-0.05, 0) is 78.9 Å². The van der Waals surface area contributed by atoms with E-state index in [1.165, 1.54) is 48.2 Å². The number of carbonyl (C=O) groups excluding carboxylic acids is 7. The number of imidazole rings is 1. The molecule has 366 valence electrons. The van der Waals surface area contributed by atoms with Crippen molar-refractivity contribution in [1.82, 2.24) is 41.9 Å². The van der Waals surface area contributed by atoms with Crippen molar-refractivity contribution < 1.29 is 48.6 Å². The molecule has 7 amide bonds. The van der Waals surface area contributed by atoms with Crippen molar-refractivity contribution in [2.24, 2.45) is 17.4 Å². The summed E-state index contributed by atoms with van der Waals surface area (Å²) >= 11 is 2.82. The molecule has 67 heavy (non-hydrogen) atoms. The molecule has 3 rings (SSSR count). The standard InChI is InChI=1S/C45H64N10O10S2/c1-25(2)19-35(43(63)51-32(15-17-66-4)41(61)52-34(39(47)59)22-37(57)58)53-44(64)36(21-29-23-48-24-49-29)54-45(65)38(26(3)28-9-7-6-8-10-28)55-42(62)33(16-18-67-5)50-40(60)31(46)20-27-11-13-30(56)14-12-27/h6-14,23-26,31-36,38,56H,15-22,46H2,1-5H3,(H2,47,59)(H,48,49)(H,50,60)(H,51,63)(H,52,61)(H,53,64)(H,54,65)(H,55,62)(H,57,58)/t26-,31+,32+,33-,34+,35+,36+,38-/m1/s1. The summed E-state index contributed by atoms with van der Waals surface area (Å²) in [4.78, 5) is 114. The van der Waals surface area contributed by atoms with Crippen LogP contribution in [0.4, 0.5) is 0 Å². The van der Waals surface area contributed by atoms with Crippen LogP contribution in [-0.4, -0.2) is 134 Å². The van der Waals surface area contributed by atoms with Crippen LogP contribution in [0.15, 0.2) is 67.1 Å². The molecule has 0 spiro atoms. The monoisotopic (exact) mass is 968 g/mol. The molecule has 3 aromatic rings. The maximum Gasteiger partial charge on any atom is 0.305 e. The molecule has 20 nitrogen and oxygen atoms in total. The number of rotatable bonds is 29. The van der Waals surface area contributed by atoms with E-state index in [0.29, 0.717) is 28.3 Å². The van der Waals surface area contributed by atoms with Crippen LogP contribution in [-0.2, 0) is 51.2 Å². The molecule has 0 aliphatic rings. The van der Waals surface area contributed by atoms with Gasteiger partial charge in [0, 0.05) is 24.2 Å². The molecule has 0 saturated heterocycles. The molecular formula is C45H64N10O10S2. The van der Waals surface area contributed by atoms with Crippen molar-refractivity contribution in [3.63, 3.8) is 0 Å². The number of amides is 7. The Morgan fingerprint density at radius 2 is 1.19 bits per heavy atom. The summed E-state index contributed by atoms with van der Waals surface area (Å²) in [5.74, 6) is -6.81.